The van der Waals surface area contributed by atoms with E-state index >= 15 is 0 Å². The first kappa shape index (κ1) is 22.6. The van der Waals surface area contributed by atoms with Crippen molar-refractivity contribution in [2.45, 2.75) is 58.3 Å². The highest BCUT2D eigenvalue weighted by molar-refractivity contribution is 5.95. The van der Waals surface area contributed by atoms with E-state index < -0.39 is 11.5 Å². The number of carbonyl (C=O) groups excluding carboxylic acids is 2. The number of piperidine rings is 1. The van der Waals surface area contributed by atoms with Gasteiger partial charge in [-0.15, -0.1) is 0 Å². The summed E-state index contributed by atoms with van der Waals surface area (Å²) in [5.74, 6) is -0.663. The Morgan fingerprint density at radius 3 is 2.52 bits per heavy atom. The Morgan fingerprint density at radius 1 is 1.19 bits per heavy atom. The molecule has 31 heavy (non-hydrogen) atoms. The van der Waals surface area contributed by atoms with Gasteiger partial charge in [0, 0.05) is 6.54 Å². The van der Waals surface area contributed by atoms with Crippen LogP contribution in [0.2, 0.25) is 0 Å². The molecule has 1 atom stereocenters. The Morgan fingerprint density at radius 2 is 1.90 bits per heavy atom. The van der Waals surface area contributed by atoms with Crippen molar-refractivity contribution < 1.29 is 19.1 Å². The van der Waals surface area contributed by atoms with E-state index in [4.69, 9.17) is 20.9 Å². The minimum Gasteiger partial charge on any atom is -0.444 e. The maximum absolute atomic E-state index is 12.5. The first-order valence-corrected chi connectivity index (χ1v) is 10.5. The second kappa shape index (κ2) is 9.38. The summed E-state index contributed by atoms with van der Waals surface area (Å²) in [5, 5.41) is 4.12. The molecule has 1 aromatic carbocycles. The van der Waals surface area contributed by atoms with E-state index in [1.807, 2.05) is 45.0 Å². The van der Waals surface area contributed by atoms with Gasteiger partial charge >= 0.3 is 6.09 Å². The number of ether oxygens (including phenoxy) is 2. The predicted molar refractivity (Wildman–Crippen MR) is 117 cm³/mol. The Balaban J connectivity index is 1.55. The molecular formula is C22H31N5O4. The van der Waals surface area contributed by atoms with Crippen LogP contribution in [0.3, 0.4) is 0 Å². The molecule has 9 nitrogen and oxygen atoms in total. The fourth-order valence-corrected chi connectivity index (χ4v) is 3.50. The van der Waals surface area contributed by atoms with Gasteiger partial charge in [0.1, 0.15) is 5.60 Å². The van der Waals surface area contributed by atoms with Crippen molar-refractivity contribution in [3.8, 4) is 5.69 Å². The predicted octanol–water partition coefficient (Wildman–Crippen LogP) is 2.86. The van der Waals surface area contributed by atoms with E-state index in [9.17, 15) is 9.59 Å². The van der Waals surface area contributed by atoms with Gasteiger partial charge in [0.25, 0.3) is 5.91 Å². The van der Waals surface area contributed by atoms with Gasteiger partial charge in [-0.2, -0.15) is 5.10 Å². The summed E-state index contributed by atoms with van der Waals surface area (Å²) in [5.41, 5.74) is 12.5. The topological polar surface area (TPSA) is 126 Å². The van der Waals surface area contributed by atoms with Gasteiger partial charge < -0.3 is 25.8 Å². The zero-order valence-corrected chi connectivity index (χ0v) is 18.3. The van der Waals surface area contributed by atoms with Crippen LogP contribution in [0.5, 0.6) is 0 Å². The summed E-state index contributed by atoms with van der Waals surface area (Å²) in [7, 11) is 0. The smallest absolute Gasteiger partial charge is 0.410 e. The van der Waals surface area contributed by atoms with Crippen molar-refractivity contribution in [2.24, 2.45) is 5.73 Å². The lowest BCUT2D eigenvalue weighted by molar-refractivity contribution is -0.00997. The van der Waals surface area contributed by atoms with Gasteiger partial charge in [-0.25, -0.2) is 9.48 Å². The number of nitrogen functional groups attached to an aromatic ring is 1. The highest BCUT2D eigenvalue weighted by Gasteiger charge is 2.30. The molecule has 168 valence electrons. The maximum Gasteiger partial charge on any atom is 0.410 e. The number of anilines is 1. The third-order valence-electron chi connectivity index (χ3n) is 5.01. The number of nitrogens with zero attached hydrogens (tertiary/aromatic N) is 3. The van der Waals surface area contributed by atoms with Gasteiger partial charge in [0.05, 0.1) is 36.8 Å². The largest absolute Gasteiger partial charge is 0.444 e. The summed E-state index contributed by atoms with van der Waals surface area (Å²) in [4.78, 5) is 25.6. The standard InChI is InChI=1S/C22H31N5O4/c1-22(2,3)31-21(29)26-11-5-4-6-17(26)14-30-13-15-7-9-16(10-8-15)27-12-18(23)19(25-27)20(24)28/h7-10,12,17H,4-6,11,13-14,23H2,1-3H3,(H2,24,28). The van der Waals surface area contributed by atoms with Crippen molar-refractivity contribution in [3.05, 3.63) is 41.7 Å². The quantitative estimate of drug-likeness (QED) is 0.727. The van der Waals surface area contributed by atoms with Gasteiger partial charge in [-0.3, -0.25) is 4.79 Å². The number of rotatable bonds is 6. The van der Waals surface area contributed by atoms with E-state index in [1.54, 1.807) is 11.1 Å². The van der Waals surface area contributed by atoms with Gasteiger partial charge in [-0.1, -0.05) is 12.1 Å². The monoisotopic (exact) mass is 429 g/mol. The van der Waals surface area contributed by atoms with Gasteiger partial charge in [-0.05, 0) is 57.7 Å². The number of likely N-dealkylation sites (tertiary alicyclic amines) is 1. The number of nitrogens with two attached hydrogens (primary N) is 2. The number of hydrogen-bond acceptors (Lipinski definition) is 6. The number of hydrogen-bond donors (Lipinski definition) is 2. The van der Waals surface area contributed by atoms with E-state index in [1.165, 1.54) is 4.68 Å². The third-order valence-corrected chi connectivity index (χ3v) is 5.01. The average molecular weight is 430 g/mol. The Labute approximate surface area is 182 Å². The Kier molecular flexibility index (Phi) is 6.84. The van der Waals surface area contributed by atoms with E-state index in [-0.39, 0.29) is 23.5 Å². The Bertz CT molecular complexity index is 917. The molecule has 0 bridgehead atoms. The molecular weight excluding hydrogens is 398 g/mol. The van der Waals surface area contributed by atoms with Crippen LogP contribution in [-0.4, -0.2) is 51.5 Å². The molecule has 3 rings (SSSR count). The first-order chi connectivity index (χ1) is 14.6. The molecule has 1 saturated heterocycles. The number of primary amides is 1. The molecule has 2 heterocycles. The number of carbonyl (C=O) groups is 2. The normalized spacial score (nSPS) is 16.9. The van der Waals surface area contributed by atoms with Crippen molar-refractivity contribution in [1.82, 2.24) is 14.7 Å². The molecule has 1 aliphatic rings. The van der Waals surface area contributed by atoms with Crippen molar-refractivity contribution in [1.29, 1.82) is 0 Å². The Hall–Kier alpha value is -3.07. The van der Waals surface area contributed by atoms with Crippen molar-refractivity contribution in [2.75, 3.05) is 18.9 Å². The van der Waals surface area contributed by atoms with Crippen LogP contribution in [0.1, 0.15) is 56.1 Å². The van der Waals surface area contributed by atoms with Crippen LogP contribution in [-0.2, 0) is 16.1 Å². The van der Waals surface area contributed by atoms with Crippen LogP contribution < -0.4 is 11.5 Å². The van der Waals surface area contributed by atoms with Crippen LogP contribution in [0.15, 0.2) is 30.5 Å². The molecule has 0 saturated carbocycles. The van der Waals surface area contributed by atoms with Crippen LogP contribution >= 0.6 is 0 Å². The molecule has 1 aromatic heterocycles. The van der Waals surface area contributed by atoms with Crippen LogP contribution in [0.4, 0.5) is 10.5 Å². The minimum atomic E-state index is -0.663. The summed E-state index contributed by atoms with van der Waals surface area (Å²) < 4.78 is 13.0. The lowest BCUT2D eigenvalue weighted by Gasteiger charge is -2.36. The fourth-order valence-electron chi connectivity index (χ4n) is 3.50. The molecule has 9 heteroatoms. The van der Waals surface area contributed by atoms with Gasteiger partial charge in [0.15, 0.2) is 5.69 Å². The zero-order valence-electron chi connectivity index (χ0n) is 18.3. The molecule has 4 N–H and O–H groups in total. The fraction of sp³-hybridized carbons (Fsp3) is 0.500. The number of aromatic nitrogens is 2. The molecule has 1 unspecified atom stereocenters. The highest BCUT2D eigenvalue weighted by Crippen LogP contribution is 2.21. The maximum atomic E-state index is 12.5. The highest BCUT2D eigenvalue weighted by atomic mass is 16.6. The molecule has 0 radical (unpaired) electrons. The lowest BCUT2D eigenvalue weighted by atomic mass is 10.0. The average Bonchev–Trinajstić information content (AvgIpc) is 3.09. The molecule has 1 aliphatic heterocycles. The second-order valence-electron chi connectivity index (χ2n) is 8.75. The minimum absolute atomic E-state index is 0.0159. The van der Waals surface area contributed by atoms with E-state index in [0.29, 0.717) is 19.8 Å². The molecule has 2 aromatic rings. The summed E-state index contributed by atoms with van der Waals surface area (Å²) in [6.07, 6.45) is 4.23. The molecule has 0 spiro atoms. The van der Waals surface area contributed by atoms with Crippen molar-refractivity contribution >= 4 is 17.7 Å². The van der Waals surface area contributed by atoms with Gasteiger partial charge in [0.2, 0.25) is 0 Å². The summed E-state index contributed by atoms with van der Waals surface area (Å²) in [6.45, 7) is 7.19. The molecule has 2 amide bonds. The third kappa shape index (κ3) is 5.97. The SMILES string of the molecule is CC(C)(C)OC(=O)N1CCCCC1COCc1ccc(-n2cc(N)c(C(N)=O)n2)cc1. The first-order valence-electron chi connectivity index (χ1n) is 10.5. The molecule has 1 fully saturated rings. The summed E-state index contributed by atoms with van der Waals surface area (Å²) >= 11 is 0. The van der Waals surface area contributed by atoms with Crippen LogP contribution in [0.25, 0.3) is 5.69 Å². The van der Waals surface area contributed by atoms with Crippen molar-refractivity contribution in [3.63, 3.8) is 0 Å². The van der Waals surface area contributed by atoms with Crippen LogP contribution in [0, 0.1) is 0 Å². The number of benzene rings is 1. The second-order valence-corrected chi connectivity index (χ2v) is 8.75. The number of amides is 2. The zero-order chi connectivity index (χ0) is 22.6. The van der Waals surface area contributed by atoms with E-state index in [2.05, 4.69) is 5.10 Å². The van der Waals surface area contributed by atoms with E-state index in [0.717, 1.165) is 30.5 Å². The molecule has 0 aliphatic carbocycles. The summed E-state index contributed by atoms with van der Waals surface area (Å²) in [6, 6.07) is 7.59. The lowest BCUT2D eigenvalue weighted by Crippen LogP contribution is -2.48.